The molecule has 1 aliphatic carbocycles. The topological polar surface area (TPSA) is 44.4 Å². The van der Waals surface area contributed by atoms with Gasteiger partial charge in [0.25, 0.3) is 0 Å². The van der Waals surface area contributed by atoms with Crippen LogP contribution < -0.4 is 10.6 Å². The van der Waals surface area contributed by atoms with Gasteiger partial charge in [0.1, 0.15) is 0 Å². The minimum atomic E-state index is 0. The molecule has 0 radical (unpaired) electrons. The first kappa shape index (κ1) is 17.7. The zero-order valence-corrected chi connectivity index (χ0v) is 13.8. The van der Waals surface area contributed by atoms with Crippen LogP contribution in [0.1, 0.15) is 46.5 Å². The number of halogens is 1. The van der Waals surface area contributed by atoms with Gasteiger partial charge in [-0.25, -0.2) is 0 Å². The van der Waals surface area contributed by atoms with Crippen molar-refractivity contribution >= 4 is 18.3 Å². The van der Waals surface area contributed by atoms with Crippen LogP contribution in [0.15, 0.2) is 0 Å². The molecule has 2 rings (SSSR count). The third-order valence-electron chi connectivity index (χ3n) is 4.46. The van der Waals surface area contributed by atoms with Crippen molar-refractivity contribution in [2.75, 3.05) is 19.6 Å². The van der Waals surface area contributed by atoms with Crippen molar-refractivity contribution in [3.8, 4) is 0 Å². The van der Waals surface area contributed by atoms with Gasteiger partial charge in [0.05, 0.1) is 6.54 Å². The van der Waals surface area contributed by atoms with Crippen molar-refractivity contribution in [2.45, 2.75) is 64.6 Å². The van der Waals surface area contributed by atoms with Crippen molar-refractivity contribution in [1.82, 2.24) is 15.5 Å². The molecule has 0 aromatic rings. The van der Waals surface area contributed by atoms with Crippen molar-refractivity contribution in [1.29, 1.82) is 0 Å². The molecule has 1 saturated carbocycles. The number of rotatable bonds is 3. The molecule has 2 N–H and O–H groups in total. The fourth-order valence-corrected chi connectivity index (χ4v) is 3.56. The highest BCUT2D eigenvalue weighted by Crippen LogP contribution is 2.23. The maximum absolute atomic E-state index is 12.2. The number of amides is 1. The van der Waals surface area contributed by atoms with Gasteiger partial charge in [0, 0.05) is 31.2 Å². The van der Waals surface area contributed by atoms with Gasteiger partial charge in [-0.15, -0.1) is 12.4 Å². The van der Waals surface area contributed by atoms with Crippen LogP contribution in [0.4, 0.5) is 0 Å². The first-order chi connectivity index (χ1) is 9.04. The molecule has 0 aromatic heterocycles. The Balaban J connectivity index is 0.00000200. The average Bonchev–Trinajstić information content (AvgIpc) is 2.30. The third kappa shape index (κ3) is 5.23. The average molecular weight is 304 g/mol. The summed E-state index contributed by atoms with van der Waals surface area (Å²) in [5.74, 6) is 0.846. The summed E-state index contributed by atoms with van der Waals surface area (Å²) >= 11 is 0. The number of nitrogens with one attached hydrogen (secondary N) is 2. The van der Waals surface area contributed by atoms with Crippen LogP contribution in [0.5, 0.6) is 0 Å². The van der Waals surface area contributed by atoms with Gasteiger partial charge in [0.15, 0.2) is 0 Å². The number of hydrogen-bond donors (Lipinski definition) is 2. The van der Waals surface area contributed by atoms with E-state index in [2.05, 4.69) is 36.3 Å². The molecular formula is C15H30ClN3O. The Morgan fingerprint density at radius 1 is 1.15 bits per heavy atom. The Bertz CT molecular complexity index is 303. The predicted octanol–water partition coefficient (Wildman–Crippen LogP) is 1.79. The number of carbonyl (C=O) groups is 1. The lowest BCUT2D eigenvalue weighted by Gasteiger charge is -2.36. The first-order valence-electron chi connectivity index (χ1n) is 7.82. The summed E-state index contributed by atoms with van der Waals surface area (Å²) in [6.45, 7) is 9.13. The molecular weight excluding hydrogens is 274 g/mol. The highest BCUT2D eigenvalue weighted by atomic mass is 35.5. The van der Waals surface area contributed by atoms with E-state index in [0.717, 1.165) is 19.5 Å². The van der Waals surface area contributed by atoms with Crippen LogP contribution >= 0.6 is 12.4 Å². The third-order valence-corrected chi connectivity index (χ3v) is 4.46. The zero-order valence-electron chi connectivity index (χ0n) is 13.0. The standard InChI is InChI=1S/C15H29N3O.ClH/c1-11-6-4-5-7-14(11)17-15(19)10-18-8-12(2)16-13(3)9-18;/h11-14,16H,4-10H2,1-3H3,(H,17,19);1H. The van der Waals surface area contributed by atoms with Gasteiger partial charge in [-0.2, -0.15) is 0 Å². The molecule has 4 nitrogen and oxygen atoms in total. The molecule has 4 atom stereocenters. The summed E-state index contributed by atoms with van der Waals surface area (Å²) in [7, 11) is 0. The first-order valence-corrected chi connectivity index (χ1v) is 7.82. The summed E-state index contributed by atoms with van der Waals surface area (Å²) in [5, 5.41) is 6.74. The number of piperazine rings is 1. The summed E-state index contributed by atoms with van der Waals surface area (Å²) in [6, 6.07) is 1.36. The fraction of sp³-hybridized carbons (Fsp3) is 0.933. The van der Waals surface area contributed by atoms with Crippen molar-refractivity contribution < 1.29 is 4.79 Å². The Labute approximate surface area is 129 Å². The van der Waals surface area contributed by atoms with E-state index in [-0.39, 0.29) is 18.3 Å². The SMILES string of the molecule is CC1CN(CC(=O)NC2CCCCC2C)CC(C)N1.Cl. The normalized spacial score (nSPS) is 35.1. The van der Waals surface area contributed by atoms with E-state index in [1.54, 1.807) is 0 Å². The fourth-order valence-electron chi connectivity index (χ4n) is 3.56. The molecule has 2 fully saturated rings. The van der Waals surface area contributed by atoms with Crippen LogP contribution in [-0.2, 0) is 4.79 Å². The van der Waals surface area contributed by atoms with Gasteiger partial charge in [-0.05, 0) is 32.6 Å². The van der Waals surface area contributed by atoms with Crippen LogP contribution in [-0.4, -0.2) is 48.6 Å². The Hall–Kier alpha value is -0.320. The van der Waals surface area contributed by atoms with Crippen LogP contribution in [0.2, 0.25) is 0 Å². The minimum absolute atomic E-state index is 0. The summed E-state index contributed by atoms with van der Waals surface area (Å²) in [4.78, 5) is 14.4. The molecule has 1 amide bonds. The quantitative estimate of drug-likeness (QED) is 0.835. The molecule has 20 heavy (non-hydrogen) atoms. The molecule has 1 saturated heterocycles. The summed E-state index contributed by atoms with van der Waals surface area (Å²) in [5.41, 5.74) is 0. The summed E-state index contributed by atoms with van der Waals surface area (Å²) < 4.78 is 0. The maximum atomic E-state index is 12.2. The van der Waals surface area contributed by atoms with Crippen molar-refractivity contribution in [3.05, 3.63) is 0 Å². The van der Waals surface area contributed by atoms with Crippen molar-refractivity contribution in [2.24, 2.45) is 5.92 Å². The molecule has 0 aromatic carbocycles. The summed E-state index contributed by atoms with van der Waals surface area (Å²) in [6.07, 6.45) is 4.99. The maximum Gasteiger partial charge on any atom is 0.234 e. The monoisotopic (exact) mass is 303 g/mol. The lowest BCUT2D eigenvalue weighted by atomic mass is 9.86. The molecule has 2 aliphatic rings. The van der Waals surface area contributed by atoms with Gasteiger partial charge in [0.2, 0.25) is 5.91 Å². The second-order valence-electron chi connectivity index (χ2n) is 6.60. The zero-order chi connectivity index (χ0) is 13.8. The van der Waals surface area contributed by atoms with E-state index in [9.17, 15) is 4.79 Å². The molecule has 4 unspecified atom stereocenters. The molecule has 1 aliphatic heterocycles. The molecule has 118 valence electrons. The van der Waals surface area contributed by atoms with E-state index in [1.165, 1.54) is 19.3 Å². The van der Waals surface area contributed by atoms with Gasteiger partial charge in [-0.3, -0.25) is 9.69 Å². The van der Waals surface area contributed by atoms with E-state index >= 15 is 0 Å². The second-order valence-corrected chi connectivity index (χ2v) is 6.60. The molecule has 0 bridgehead atoms. The minimum Gasteiger partial charge on any atom is -0.352 e. The molecule has 1 heterocycles. The Morgan fingerprint density at radius 2 is 1.75 bits per heavy atom. The smallest absolute Gasteiger partial charge is 0.234 e. The number of nitrogens with zero attached hydrogens (tertiary/aromatic N) is 1. The highest BCUT2D eigenvalue weighted by molar-refractivity contribution is 5.85. The predicted molar refractivity (Wildman–Crippen MR) is 85.3 cm³/mol. The Kier molecular flexibility index (Phi) is 7.27. The Morgan fingerprint density at radius 3 is 2.35 bits per heavy atom. The van der Waals surface area contributed by atoms with Gasteiger partial charge < -0.3 is 10.6 Å². The van der Waals surface area contributed by atoms with Crippen LogP contribution in [0.25, 0.3) is 0 Å². The lowest BCUT2D eigenvalue weighted by molar-refractivity contribution is -0.123. The molecule has 0 spiro atoms. The lowest BCUT2D eigenvalue weighted by Crippen LogP contribution is -2.56. The van der Waals surface area contributed by atoms with Crippen LogP contribution in [0.3, 0.4) is 0 Å². The number of hydrogen-bond acceptors (Lipinski definition) is 3. The van der Waals surface area contributed by atoms with E-state index in [4.69, 9.17) is 0 Å². The van der Waals surface area contributed by atoms with Gasteiger partial charge >= 0.3 is 0 Å². The van der Waals surface area contributed by atoms with Crippen molar-refractivity contribution in [3.63, 3.8) is 0 Å². The van der Waals surface area contributed by atoms with Gasteiger partial charge in [-0.1, -0.05) is 19.8 Å². The largest absolute Gasteiger partial charge is 0.352 e. The second kappa shape index (κ2) is 8.20. The van der Waals surface area contributed by atoms with E-state index < -0.39 is 0 Å². The van der Waals surface area contributed by atoms with E-state index in [0.29, 0.717) is 30.6 Å². The molecule has 5 heteroatoms. The number of carbonyl (C=O) groups excluding carboxylic acids is 1. The van der Waals surface area contributed by atoms with Crippen LogP contribution in [0, 0.1) is 5.92 Å². The highest BCUT2D eigenvalue weighted by Gasteiger charge is 2.26. The van der Waals surface area contributed by atoms with E-state index in [1.807, 2.05) is 0 Å².